The van der Waals surface area contributed by atoms with Crippen molar-refractivity contribution in [3.63, 3.8) is 0 Å². The van der Waals surface area contributed by atoms with E-state index in [1.165, 1.54) is 11.0 Å². The lowest BCUT2D eigenvalue weighted by Gasteiger charge is -2.20. The van der Waals surface area contributed by atoms with Gasteiger partial charge in [-0.3, -0.25) is 4.90 Å². The van der Waals surface area contributed by atoms with Gasteiger partial charge < -0.3 is 0 Å². The normalized spacial score (nSPS) is 15.2. The van der Waals surface area contributed by atoms with Crippen molar-refractivity contribution in [1.29, 1.82) is 0 Å². The molecule has 0 bridgehead atoms. The second-order valence-corrected chi connectivity index (χ2v) is 4.06. The second kappa shape index (κ2) is 3.65. The van der Waals surface area contributed by atoms with Crippen molar-refractivity contribution in [1.82, 2.24) is 5.32 Å². The average molecular weight is 243 g/mol. The minimum atomic E-state index is -4.41. The van der Waals surface area contributed by atoms with Crippen LogP contribution in [-0.4, -0.2) is 12.1 Å². The number of hydrogen-bond donors (Lipinski definition) is 0. The zero-order chi connectivity index (χ0) is 12.8. The van der Waals surface area contributed by atoms with Gasteiger partial charge in [-0.25, -0.2) is 4.79 Å². The van der Waals surface area contributed by atoms with Crippen LogP contribution in [0.2, 0.25) is 0 Å². The molecule has 1 aromatic carbocycles. The summed E-state index contributed by atoms with van der Waals surface area (Å²) in [5.41, 5.74) is -0.261. The smallest absolute Gasteiger partial charge is 0.288 e. The van der Waals surface area contributed by atoms with Crippen LogP contribution < -0.4 is 10.2 Å². The van der Waals surface area contributed by atoms with Crippen molar-refractivity contribution in [2.45, 2.75) is 26.1 Å². The summed E-state index contributed by atoms with van der Waals surface area (Å²) in [5, 5.41) is 3.70. The van der Waals surface area contributed by atoms with Gasteiger partial charge >= 0.3 is 12.2 Å². The van der Waals surface area contributed by atoms with Crippen LogP contribution in [0.4, 0.5) is 29.3 Å². The Hall–Kier alpha value is -1.72. The maximum atomic E-state index is 12.5. The van der Waals surface area contributed by atoms with Crippen LogP contribution in [0.3, 0.4) is 0 Å². The summed E-state index contributed by atoms with van der Waals surface area (Å²) in [7, 11) is 0. The van der Waals surface area contributed by atoms with E-state index in [4.69, 9.17) is 0 Å². The number of amides is 2. The Balaban J connectivity index is 2.49. The highest BCUT2D eigenvalue weighted by molar-refractivity contribution is 6.04. The molecule has 1 aliphatic rings. The third-order valence-corrected chi connectivity index (χ3v) is 2.50. The van der Waals surface area contributed by atoms with Gasteiger partial charge in [0.2, 0.25) is 0 Å². The van der Waals surface area contributed by atoms with E-state index in [9.17, 15) is 18.0 Å². The number of nitrogens with zero attached hydrogens (tertiary/aromatic N) is 2. The fourth-order valence-corrected chi connectivity index (χ4v) is 1.75. The maximum Gasteiger partial charge on any atom is 0.416 e. The molecule has 0 aromatic heterocycles. The Labute approximate surface area is 96.2 Å². The van der Waals surface area contributed by atoms with Gasteiger partial charge in [0.05, 0.1) is 16.9 Å². The molecule has 0 unspecified atom stereocenters. The van der Waals surface area contributed by atoms with Crippen molar-refractivity contribution >= 4 is 17.4 Å². The van der Waals surface area contributed by atoms with E-state index in [0.29, 0.717) is 0 Å². The third-order valence-electron chi connectivity index (χ3n) is 2.50. The van der Waals surface area contributed by atoms with Crippen LogP contribution in [0.1, 0.15) is 19.4 Å². The molecule has 0 spiro atoms. The summed E-state index contributed by atoms with van der Waals surface area (Å²) >= 11 is 0. The SMILES string of the molecule is CC(C)N1C(=O)[N]c2ccc(C(F)(F)F)cc21. The highest BCUT2D eigenvalue weighted by Crippen LogP contribution is 2.39. The zero-order valence-electron chi connectivity index (χ0n) is 9.25. The summed E-state index contributed by atoms with van der Waals surface area (Å²) in [6.45, 7) is 3.45. The lowest BCUT2D eigenvalue weighted by Crippen LogP contribution is -2.34. The van der Waals surface area contributed by atoms with Crippen LogP contribution in [0.5, 0.6) is 0 Å². The Morgan fingerprint density at radius 2 is 1.94 bits per heavy atom. The monoisotopic (exact) mass is 243 g/mol. The van der Waals surface area contributed by atoms with Crippen LogP contribution in [0.15, 0.2) is 18.2 Å². The van der Waals surface area contributed by atoms with Crippen LogP contribution >= 0.6 is 0 Å². The number of urea groups is 1. The van der Waals surface area contributed by atoms with Crippen molar-refractivity contribution in [2.75, 3.05) is 4.90 Å². The van der Waals surface area contributed by atoms with Gasteiger partial charge in [0, 0.05) is 6.04 Å². The highest BCUT2D eigenvalue weighted by Gasteiger charge is 2.36. The molecule has 2 rings (SSSR count). The number of carbonyl (C=O) groups excluding carboxylic acids is 1. The number of halogens is 3. The van der Waals surface area contributed by atoms with Gasteiger partial charge in [-0.05, 0) is 32.0 Å². The van der Waals surface area contributed by atoms with E-state index in [1.807, 2.05) is 0 Å². The first kappa shape index (κ1) is 11.8. The summed E-state index contributed by atoms with van der Waals surface area (Å²) in [5.74, 6) is 0. The lowest BCUT2D eigenvalue weighted by atomic mass is 10.1. The zero-order valence-corrected chi connectivity index (χ0v) is 9.25. The molecule has 3 nitrogen and oxygen atoms in total. The quantitative estimate of drug-likeness (QED) is 0.745. The summed E-state index contributed by atoms with van der Waals surface area (Å²) in [6.07, 6.45) is -4.41. The number of alkyl halides is 3. The van der Waals surface area contributed by atoms with Gasteiger partial charge in [0.15, 0.2) is 0 Å². The number of benzene rings is 1. The van der Waals surface area contributed by atoms with Gasteiger partial charge in [-0.2, -0.15) is 18.5 Å². The third kappa shape index (κ3) is 1.94. The summed E-state index contributed by atoms with van der Waals surface area (Å²) in [6, 6.07) is 2.37. The number of fused-ring (bicyclic) bond motifs is 1. The molecule has 0 saturated heterocycles. The molecule has 0 atom stereocenters. The molecule has 6 heteroatoms. The molecule has 1 aromatic rings. The van der Waals surface area contributed by atoms with Gasteiger partial charge in [-0.1, -0.05) is 0 Å². The van der Waals surface area contributed by atoms with E-state index >= 15 is 0 Å². The molecule has 2 amide bonds. The van der Waals surface area contributed by atoms with Crippen molar-refractivity contribution in [3.8, 4) is 0 Å². The van der Waals surface area contributed by atoms with Gasteiger partial charge in [0.1, 0.15) is 0 Å². The van der Waals surface area contributed by atoms with E-state index in [2.05, 4.69) is 5.32 Å². The predicted octanol–water partition coefficient (Wildman–Crippen LogP) is 3.29. The van der Waals surface area contributed by atoms with E-state index in [0.717, 1.165) is 12.1 Å². The molecule has 0 N–H and O–H groups in total. The van der Waals surface area contributed by atoms with Gasteiger partial charge in [0.25, 0.3) is 0 Å². The standard InChI is InChI=1S/C11H10F3N2O/c1-6(2)16-9-5-7(11(12,13)14)3-4-8(9)15-10(16)17/h3-6H,1-2H3. The Kier molecular flexibility index (Phi) is 2.52. The molecular weight excluding hydrogens is 233 g/mol. The highest BCUT2D eigenvalue weighted by atomic mass is 19.4. The molecule has 91 valence electrons. The Morgan fingerprint density at radius 1 is 1.29 bits per heavy atom. The van der Waals surface area contributed by atoms with Crippen LogP contribution in [0.25, 0.3) is 0 Å². The summed E-state index contributed by atoms with van der Waals surface area (Å²) in [4.78, 5) is 12.8. The number of hydrogen-bond acceptors (Lipinski definition) is 1. The Bertz CT molecular complexity index is 468. The van der Waals surface area contributed by atoms with Crippen LogP contribution in [0, 0.1) is 0 Å². The lowest BCUT2D eigenvalue weighted by molar-refractivity contribution is -0.137. The second-order valence-electron chi connectivity index (χ2n) is 4.06. The number of carbonyl (C=O) groups is 1. The molecule has 1 aliphatic heterocycles. The van der Waals surface area contributed by atoms with Crippen molar-refractivity contribution < 1.29 is 18.0 Å². The first-order valence-corrected chi connectivity index (χ1v) is 5.07. The average Bonchev–Trinajstić information content (AvgIpc) is 2.50. The largest absolute Gasteiger partial charge is 0.416 e. The molecular formula is C11H10F3N2O. The van der Waals surface area contributed by atoms with E-state index < -0.39 is 17.8 Å². The topological polar surface area (TPSA) is 34.4 Å². The fraction of sp³-hybridized carbons (Fsp3) is 0.364. The molecule has 17 heavy (non-hydrogen) atoms. The predicted molar refractivity (Wildman–Crippen MR) is 56.2 cm³/mol. The minimum absolute atomic E-state index is 0.222. The molecule has 1 heterocycles. The van der Waals surface area contributed by atoms with Gasteiger partial charge in [-0.15, -0.1) is 0 Å². The molecule has 1 radical (unpaired) electrons. The number of anilines is 1. The maximum absolute atomic E-state index is 12.5. The van der Waals surface area contributed by atoms with Crippen molar-refractivity contribution in [2.24, 2.45) is 0 Å². The summed E-state index contributed by atoms with van der Waals surface area (Å²) < 4.78 is 37.6. The number of rotatable bonds is 1. The Morgan fingerprint density at radius 3 is 2.47 bits per heavy atom. The van der Waals surface area contributed by atoms with Crippen molar-refractivity contribution in [3.05, 3.63) is 23.8 Å². The minimum Gasteiger partial charge on any atom is -0.288 e. The van der Waals surface area contributed by atoms with E-state index in [-0.39, 0.29) is 17.4 Å². The van der Waals surface area contributed by atoms with E-state index in [1.54, 1.807) is 13.8 Å². The first-order valence-electron chi connectivity index (χ1n) is 5.07. The fourth-order valence-electron chi connectivity index (χ4n) is 1.75. The first-order chi connectivity index (χ1) is 7.80. The molecule has 0 saturated carbocycles. The molecule has 0 aliphatic carbocycles. The van der Waals surface area contributed by atoms with Crippen LogP contribution in [-0.2, 0) is 6.18 Å². The molecule has 0 fully saturated rings.